The van der Waals surface area contributed by atoms with E-state index < -0.39 is 0 Å². The third-order valence-electron chi connectivity index (χ3n) is 3.17. The fraction of sp³-hybridized carbons (Fsp3) is 0.316. The SMILES string of the molecule is CC.CC.Cc1ccccc1-c1nc2ccccc2n1C. The van der Waals surface area contributed by atoms with Crippen LogP contribution in [-0.2, 0) is 7.05 Å². The highest BCUT2D eigenvalue weighted by molar-refractivity contribution is 5.81. The van der Waals surface area contributed by atoms with E-state index in [9.17, 15) is 0 Å². The maximum absolute atomic E-state index is 4.71. The number of benzene rings is 2. The first-order valence-electron chi connectivity index (χ1n) is 7.75. The van der Waals surface area contributed by atoms with Gasteiger partial charge in [-0.15, -0.1) is 0 Å². The quantitative estimate of drug-likeness (QED) is 0.568. The third-order valence-corrected chi connectivity index (χ3v) is 3.17. The van der Waals surface area contributed by atoms with Crippen LogP contribution in [0.5, 0.6) is 0 Å². The largest absolute Gasteiger partial charge is 0.327 e. The van der Waals surface area contributed by atoms with Gasteiger partial charge in [-0.2, -0.15) is 0 Å². The summed E-state index contributed by atoms with van der Waals surface area (Å²) in [5, 5.41) is 0. The van der Waals surface area contributed by atoms with E-state index in [1.54, 1.807) is 0 Å². The predicted octanol–water partition coefficient (Wildman–Crippen LogP) is 5.60. The summed E-state index contributed by atoms with van der Waals surface area (Å²) in [7, 11) is 2.07. The molecule has 2 heteroatoms. The number of hydrogen-bond donors (Lipinski definition) is 0. The number of imidazole rings is 1. The van der Waals surface area contributed by atoms with Crippen molar-refractivity contribution in [1.29, 1.82) is 0 Å². The first kappa shape index (κ1) is 17.0. The zero-order chi connectivity index (χ0) is 15.8. The van der Waals surface area contributed by atoms with Crippen molar-refractivity contribution in [2.24, 2.45) is 7.05 Å². The van der Waals surface area contributed by atoms with Crippen LogP contribution >= 0.6 is 0 Å². The van der Waals surface area contributed by atoms with Crippen LogP contribution < -0.4 is 0 Å². The molecule has 0 atom stereocenters. The van der Waals surface area contributed by atoms with Crippen LogP contribution in [-0.4, -0.2) is 9.55 Å². The fourth-order valence-corrected chi connectivity index (χ4v) is 2.21. The Kier molecular flexibility index (Phi) is 6.67. The summed E-state index contributed by atoms with van der Waals surface area (Å²) in [6.07, 6.45) is 0. The molecule has 21 heavy (non-hydrogen) atoms. The first-order chi connectivity index (χ1) is 10.3. The molecule has 2 nitrogen and oxygen atoms in total. The van der Waals surface area contributed by atoms with Crippen LogP contribution in [0.2, 0.25) is 0 Å². The molecule has 0 aliphatic carbocycles. The minimum Gasteiger partial charge on any atom is -0.327 e. The van der Waals surface area contributed by atoms with Crippen LogP contribution in [0.3, 0.4) is 0 Å². The maximum atomic E-state index is 4.71. The van der Waals surface area contributed by atoms with Gasteiger partial charge < -0.3 is 4.57 Å². The van der Waals surface area contributed by atoms with Crippen LogP contribution in [0.1, 0.15) is 33.3 Å². The van der Waals surface area contributed by atoms with Gasteiger partial charge in [0.2, 0.25) is 0 Å². The number of hydrogen-bond acceptors (Lipinski definition) is 1. The van der Waals surface area contributed by atoms with E-state index in [2.05, 4.69) is 54.9 Å². The number of aryl methyl sites for hydroxylation is 2. The van der Waals surface area contributed by atoms with Crippen LogP contribution in [0, 0.1) is 6.92 Å². The van der Waals surface area contributed by atoms with E-state index in [-0.39, 0.29) is 0 Å². The third kappa shape index (κ3) is 3.52. The second kappa shape index (κ2) is 8.25. The second-order valence-electron chi connectivity index (χ2n) is 4.30. The summed E-state index contributed by atoms with van der Waals surface area (Å²) in [5.41, 5.74) is 4.68. The van der Waals surface area contributed by atoms with Gasteiger partial charge >= 0.3 is 0 Å². The Balaban J connectivity index is 0.000000510. The maximum Gasteiger partial charge on any atom is 0.141 e. The van der Waals surface area contributed by atoms with Gasteiger partial charge in [0.15, 0.2) is 0 Å². The van der Waals surface area contributed by atoms with Gasteiger partial charge in [-0.05, 0) is 24.6 Å². The first-order valence-corrected chi connectivity index (χ1v) is 7.75. The Morgan fingerprint density at radius 3 is 2.00 bits per heavy atom. The molecular formula is C19H26N2. The van der Waals surface area contributed by atoms with Crippen molar-refractivity contribution in [1.82, 2.24) is 9.55 Å². The van der Waals surface area contributed by atoms with E-state index >= 15 is 0 Å². The average molecular weight is 282 g/mol. The molecular weight excluding hydrogens is 256 g/mol. The topological polar surface area (TPSA) is 17.8 Å². The van der Waals surface area contributed by atoms with E-state index in [1.807, 2.05) is 39.8 Å². The lowest BCUT2D eigenvalue weighted by molar-refractivity contribution is 0.957. The Morgan fingerprint density at radius 2 is 1.38 bits per heavy atom. The molecule has 2 aromatic carbocycles. The van der Waals surface area contributed by atoms with Crippen LogP contribution in [0.15, 0.2) is 48.5 Å². The van der Waals surface area contributed by atoms with Gasteiger partial charge in [0.05, 0.1) is 11.0 Å². The predicted molar refractivity (Wildman–Crippen MR) is 93.6 cm³/mol. The Hall–Kier alpha value is -2.09. The van der Waals surface area contributed by atoms with E-state index in [4.69, 9.17) is 4.98 Å². The summed E-state index contributed by atoms with van der Waals surface area (Å²) >= 11 is 0. The van der Waals surface area contributed by atoms with Crippen LogP contribution in [0.4, 0.5) is 0 Å². The summed E-state index contributed by atoms with van der Waals surface area (Å²) in [4.78, 5) is 4.71. The van der Waals surface area contributed by atoms with Gasteiger partial charge in [-0.3, -0.25) is 0 Å². The van der Waals surface area contributed by atoms with Gasteiger partial charge in [0.1, 0.15) is 5.82 Å². The average Bonchev–Trinajstić information content (AvgIpc) is 2.89. The molecule has 3 rings (SSSR count). The second-order valence-corrected chi connectivity index (χ2v) is 4.30. The molecule has 112 valence electrons. The molecule has 0 bridgehead atoms. The summed E-state index contributed by atoms with van der Waals surface area (Å²) in [6.45, 7) is 10.1. The number of fused-ring (bicyclic) bond motifs is 1. The Bertz CT molecular complexity index is 681. The highest BCUT2D eigenvalue weighted by Gasteiger charge is 2.10. The summed E-state index contributed by atoms with van der Waals surface area (Å²) < 4.78 is 2.15. The molecule has 0 fully saturated rings. The normalized spacial score (nSPS) is 9.43. The lowest BCUT2D eigenvalue weighted by Crippen LogP contribution is -1.93. The molecule has 0 spiro atoms. The summed E-state index contributed by atoms with van der Waals surface area (Å²) in [5.74, 6) is 1.03. The molecule has 0 aliphatic rings. The van der Waals surface area contributed by atoms with Crippen LogP contribution in [0.25, 0.3) is 22.4 Å². The molecule has 0 saturated carbocycles. The number of para-hydroxylation sites is 2. The highest BCUT2D eigenvalue weighted by Crippen LogP contribution is 2.25. The fourth-order valence-electron chi connectivity index (χ4n) is 2.21. The minimum absolute atomic E-state index is 1.03. The van der Waals surface area contributed by atoms with E-state index in [0.29, 0.717) is 0 Å². The lowest BCUT2D eigenvalue weighted by Gasteiger charge is -2.05. The van der Waals surface area contributed by atoms with Gasteiger partial charge in [-0.1, -0.05) is 64.1 Å². The summed E-state index contributed by atoms with van der Waals surface area (Å²) in [6, 6.07) is 16.6. The zero-order valence-corrected chi connectivity index (χ0v) is 14.0. The zero-order valence-electron chi connectivity index (χ0n) is 14.0. The van der Waals surface area contributed by atoms with Crippen molar-refractivity contribution in [3.63, 3.8) is 0 Å². The molecule has 0 aliphatic heterocycles. The van der Waals surface area contributed by atoms with Gasteiger partial charge in [0, 0.05) is 12.6 Å². The molecule has 1 aromatic heterocycles. The lowest BCUT2D eigenvalue weighted by atomic mass is 10.1. The molecule has 0 unspecified atom stereocenters. The smallest absolute Gasteiger partial charge is 0.141 e. The molecule has 0 N–H and O–H groups in total. The highest BCUT2D eigenvalue weighted by atomic mass is 15.1. The van der Waals surface area contributed by atoms with Crippen molar-refractivity contribution >= 4 is 11.0 Å². The molecule has 0 saturated heterocycles. The standard InChI is InChI=1S/C15H14N2.2C2H6/c1-11-7-3-4-8-12(11)15-16-13-9-5-6-10-14(13)17(15)2;2*1-2/h3-10H,1-2H3;2*1-2H3. The number of aromatic nitrogens is 2. The number of nitrogens with zero attached hydrogens (tertiary/aromatic N) is 2. The monoisotopic (exact) mass is 282 g/mol. The van der Waals surface area contributed by atoms with E-state index in [1.165, 1.54) is 16.6 Å². The minimum atomic E-state index is 1.03. The molecule has 3 aromatic rings. The van der Waals surface area contributed by atoms with Crippen molar-refractivity contribution in [3.05, 3.63) is 54.1 Å². The van der Waals surface area contributed by atoms with Gasteiger partial charge in [0.25, 0.3) is 0 Å². The van der Waals surface area contributed by atoms with E-state index in [0.717, 1.165) is 11.3 Å². The van der Waals surface area contributed by atoms with Crippen molar-refractivity contribution in [3.8, 4) is 11.4 Å². The molecule has 1 heterocycles. The van der Waals surface area contributed by atoms with Crippen molar-refractivity contribution < 1.29 is 0 Å². The Labute approximate surface area is 128 Å². The number of rotatable bonds is 1. The van der Waals surface area contributed by atoms with Crippen molar-refractivity contribution in [2.75, 3.05) is 0 Å². The van der Waals surface area contributed by atoms with Crippen molar-refractivity contribution in [2.45, 2.75) is 34.6 Å². The molecule has 0 amide bonds. The van der Waals surface area contributed by atoms with Gasteiger partial charge in [-0.25, -0.2) is 4.98 Å². The molecule has 0 radical (unpaired) electrons. The Morgan fingerprint density at radius 1 is 0.810 bits per heavy atom.